The molecule has 0 aliphatic carbocycles. The summed E-state index contributed by atoms with van der Waals surface area (Å²) >= 11 is 0. The number of carboxylic acids is 2. The Morgan fingerprint density at radius 3 is 0.763 bits per heavy atom. The summed E-state index contributed by atoms with van der Waals surface area (Å²) in [6.07, 6.45) is -21.0. The molecule has 0 aromatic rings. The molecule has 0 aliphatic heterocycles. The number of rotatable bonds is 12. The molecule has 0 amide bonds. The molecule has 38 heavy (non-hydrogen) atoms. The second-order valence-corrected chi connectivity index (χ2v) is 5.97. The molecule has 0 rings (SSSR count). The zero-order valence-corrected chi connectivity index (χ0v) is 21.6. The first-order valence-corrected chi connectivity index (χ1v) is 8.09. The number of carboxylic acid groups (broad SMARTS) is 2. The minimum Gasteiger partial charge on any atom is -0.547 e. The zero-order valence-electron chi connectivity index (χ0n) is 19.4. The molecule has 26 N–H and O–H groups in total. The Morgan fingerprint density at radius 1 is 0.447 bits per heavy atom. The Morgan fingerprint density at radius 2 is 0.632 bits per heavy atom. The van der Waals surface area contributed by atoms with E-state index in [-0.39, 0.29) is 76.1 Å². The number of aliphatic hydroxyl groups excluding tert-OH is 12. The third-order valence-electron chi connectivity index (χ3n) is 3.69. The van der Waals surface area contributed by atoms with Crippen molar-refractivity contribution in [3.05, 3.63) is 0 Å². The van der Waals surface area contributed by atoms with Gasteiger partial charge in [-0.2, -0.15) is 0 Å². The fourth-order valence-corrected chi connectivity index (χ4v) is 1.73. The Balaban J connectivity index is -0.0000000426. The average Bonchev–Trinajstić information content (AvgIpc) is 2.73. The van der Waals surface area contributed by atoms with Crippen molar-refractivity contribution >= 4 is 49.7 Å². The smallest absolute Gasteiger partial charge is 0.547 e. The molecule has 0 aromatic heterocycles. The Bertz CT molecular complexity index is 471. The minimum absolute atomic E-state index is 0. The van der Waals surface area contributed by atoms with E-state index in [1.54, 1.807) is 0 Å². The molecule has 0 heterocycles. The molecule has 0 unspecified atom stereocenters. The van der Waals surface area contributed by atoms with Crippen molar-refractivity contribution in [2.24, 2.45) is 0 Å². The van der Waals surface area contributed by atoms with Crippen molar-refractivity contribution in [2.75, 3.05) is 13.2 Å². The van der Waals surface area contributed by atoms with E-state index in [9.17, 15) is 19.8 Å². The number of hydrogen-bond acceptors (Lipinski definition) is 16. The largest absolute Gasteiger partial charge is 2.00 e. The van der Waals surface area contributed by atoms with Crippen LogP contribution in [0.1, 0.15) is 0 Å². The van der Waals surface area contributed by atoms with E-state index >= 15 is 0 Å². The molecule has 0 spiro atoms. The molecule has 23 nitrogen and oxygen atoms in total. The van der Waals surface area contributed by atoms with Crippen LogP contribution < -0.4 is 10.2 Å². The van der Waals surface area contributed by atoms with Crippen LogP contribution in [-0.2, 0) is 9.59 Å². The predicted octanol–water partition coefficient (Wildman–Crippen LogP) is -17.1. The van der Waals surface area contributed by atoms with Crippen LogP contribution in [0.5, 0.6) is 0 Å². The Hall–Kier alpha value is -0.560. The Kier molecular flexibility index (Phi) is 56.7. The van der Waals surface area contributed by atoms with Crippen molar-refractivity contribution < 1.29 is 119 Å². The monoisotopic (exact) mass is 616 g/mol. The number of carbonyl (C=O) groups excluding carboxylic acids is 2. The summed E-state index contributed by atoms with van der Waals surface area (Å²) in [5, 5.41) is 126. The van der Waals surface area contributed by atoms with E-state index in [1.807, 2.05) is 0 Å². The molecule has 24 heteroatoms. The van der Waals surface area contributed by atoms with Gasteiger partial charge < -0.3 is 119 Å². The Labute approximate surface area is 242 Å². The first kappa shape index (κ1) is 66.0. The van der Waals surface area contributed by atoms with Gasteiger partial charge in [0.25, 0.3) is 0 Å². The summed E-state index contributed by atoms with van der Waals surface area (Å²) in [4.78, 5) is 20.2. The first-order chi connectivity index (χ1) is 13.6. The molecular formula is C14H40CaO23. The van der Waals surface area contributed by atoms with Gasteiger partial charge in [-0.15, -0.1) is 0 Å². The molecule has 0 saturated carbocycles. The van der Waals surface area contributed by atoms with Gasteiger partial charge in [0.05, 0.1) is 25.2 Å². The molecule has 236 valence electrons. The second kappa shape index (κ2) is 32.7. The summed E-state index contributed by atoms with van der Waals surface area (Å²) < 4.78 is 0. The summed E-state index contributed by atoms with van der Waals surface area (Å²) in [6, 6.07) is 0. The third-order valence-corrected chi connectivity index (χ3v) is 3.69. The van der Waals surface area contributed by atoms with Gasteiger partial charge in [0, 0.05) is 0 Å². The van der Waals surface area contributed by atoms with Crippen LogP contribution in [0.2, 0.25) is 0 Å². The quantitative estimate of drug-likeness (QED) is 0.0905. The van der Waals surface area contributed by atoms with Gasteiger partial charge in [0.15, 0.2) is 0 Å². The van der Waals surface area contributed by atoms with Gasteiger partial charge >= 0.3 is 37.7 Å². The molecule has 0 aliphatic rings. The number of aliphatic carboxylic acids is 2. The maximum atomic E-state index is 10.1. The van der Waals surface area contributed by atoms with Crippen LogP contribution in [0.4, 0.5) is 0 Å². The van der Waals surface area contributed by atoms with Crippen LogP contribution in [0, 0.1) is 0 Å². The average molecular weight is 617 g/mol. The van der Waals surface area contributed by atoms with Crippen molar-refractivity contribution in [3.8, 4) is 0 Å². The van der Waals surface area contributed by atoms with E-state index in [0.717, 1.165) is 0 Å². The number of aliphatic hydroxyl groups is 12. The van der Waals surface area contributed by atoms with E-state index in [2.05, 4.69) is 0 Å². The van der Waals surface area contributed by atoms with Crippen molar-refractivity contribution in [1.29, 1.82) is 0 Å². The van der Waals surface area contributed by atoms with Crippen LogP contribution in [-0.4, -0.2) is 224 Å². The van der Waals surface area contributed by atoms with Crippen LogP contribution in [0.25, 0.3) is 0 Å². The maximum absolute atomic E-state index is 10.1. The summed E-state index contributed by atoms with van der Waals surface area (Å²) in [5.74, 6) is -4.07. The fourth-order valence-electron chi connectivity index (χ4n) is 1.73. The van der Waals surface area contributed by atoms with Crippen LogP contribution in [0.15, 0.2) is 0 Å². The number of hydrogen-bond donors (Lipinski definition) is 12. The summed E-state index contributed by atoms with van der Waals surface area (Å²) in [5.41, 5.74) is 0. The first-order valence-electron chi connectivity index (χ1n) is 8.09. The van der Waals surface area contributed by atoms with E-state index in [1.165, 1.54) is 0 Å². The maximum Gasteiger partial charge on any atom is 2.00 e. The van der Waals surface area contributed by atoms with Gasteiger partial charge in [-0.1, -0.05) is 0 Å². The topological polar surface area (TPSA) is 544 Å². The SMILES string of the molecule is O.O.O.O.O.O.O.O=C([O-])[C@H](O)[C@H](O)[C@@H](O)[C@H](O)[C@H](O)CO.O=C([O-])[C@H](O)[C@H](O)[C@@H](O)[C@H](O)[C@H](O)CO.[Ca+2]. The molecule has 0 radical (unpaired) electrons. The van der Waals surface area contributed by atoms with E-state index in [0.29, 0.717) is 0 Å². The van der Waals surface area contributed by atoms with Gasteiger partial charge in [-0.05, 0) is 0 Å². The zero-order chi connectivity index (χ0) is 24.3. The van der Waals surface area contributed by atoms with Gasteiger partial charge in [0.1, 0.15) is 61.0 Å². The summed E-state index contributed by atoms with van der Waals surface area (Å²) in [7, 11) is 0. The van der Waals surface area contributed by atoms with Gasteiger partial charge in [0.2, 0.25) is 0 Å². The molecular weight excluding hydrogens is 576 g/mol. The predicted molar refractivity (Wildman–Crippen MR) is 115 cm³/mol. The fraction of sp³-hybridized carbons (Fsp3) is 0.857. The van der Waals surface area contributed by atoms with Crippen molar-refractivity contribution in [1.82, 2.24) is 0 Å². The van der Waals surface area contributed by atoms with Crippen molar-refractivity contribution in [3.63, 3.8) is 0 Å². The van der Waals surface area contributed by atoms with Crippen LogP contribution >= 0.6 is 0 Å². The van der Waals surface area contributed by atoms with Crippen molar-refractivity contribution in [2.45, 2.75) is 61.0 Å². The van der Waals surface area contributed by atoms with Crippen LogP contribution in [0.3, 0.4) is 0 Å². The third kappa shape index (κ3) is 22.3. The van der Waals surface area contributed by atoms with E-state index in [4.69, 9.17) is 61.3 Å². The van der Waals surface area contributed by atoms with Gasteiger partial charge in [-0.3, -0.25) is 0 Å². The number of carbonyl (C=O) groups is 2. The molecule has 0 bridgehead atoms. The minimum atomic E-state index is -2.40. The molecule has 0 aromatic carbocycles. The standard InChI is InChI=1S/2C7H14O8.Ca.7H2O/c2*8-1-2(9)3(10)4(11)5(12)6(13)7(14)15;;;;;;;;/h2*2-6,8-13H,1H2,(H,14,15);;7*1H2/q;;+2;;;;;;;/p-2/t2*2-,3-,4+,5-,6-;;;;;;;;/m11......../s1. The second-order valence-electron chi connectivity index (χ2n) is 5.97. The molecule has 0 saturated heterocycles. The van der Waals surface area contributed by atoms with E-state index < -0.39 is 86.2 Å². The molecule has 10 atom stereocenters. The molecule has 0 fully saturated rings. The van der Waals surface area contributed by atoms with Gasteiger partial charge in [-0.25, -0.2) is 0 Å². The summed E-state index contributed by atoms with van der Waals surface area (Å²) in [6.45, 7) is -1.79. The normalized spacial score (nSPS) is 16.9.